The first-order chi connectivity index (χ1) is 12.6. The van der Waals surface area contributed by atoms with E-state index in [1.54, 1.807) is 18.0 Å². The van der Waals surface area contributed by atoms with E-state index in [4.69, 9.17) is 21.1 Å². The summed E-state index contributed by atoms with van der Waals surface area (Å²) in [6.07, 6.45) is 1.88. The minimum absolute atomic E-state index is 0.107. The smallest absolute Gasteiger partial charge is 0.317 e. The summed E-state index contributed by atoms with van der Waals surface area (Å²) in [7, 11) is 1.80. The SMILES string of the molecule is CN(CCCc1ccccc1)C(=O)NCc1cc(Cl)c2c(c1)OCCO2. The number of aryl methyl sites for hydroxylation is 1. The molecule has 2 aromatic carbocycles. The quantitative estimate of drug-likeness (QED) is 0.834. The summed E-state index contributed by atoms with van der Waals surface area (Å²) in [4.78, 5) is 14.0. The molecular formula is C20H23ClN2O3. The first-order valence-electron chi connectivity index (χ1n) is 8.74. The predicted octanol–water partition coefficient (Wildman–Crippen LogP) is 3.89. The molecule has 0 aromatic heterocycles. The summed E-state index contributed by atoms with van der Waals surface area (Å²) in [5.74, 6) is 1.20. The minimum atomic E-state index is -0.107. The summed E-state index contributed by atoms with van der Waals surface area (Å²) >= 11 is 6.22. The van der Waals surface area contributed by atoms with E-state index in [1.165, 1.54) is 5.56 Å². The number of amides is 2. The van der Waals surface area contributed by atoms with Crippen molar-refractivity contribution in [2.75, 3.05) is 26.8 Å². The molecule has 26 heavy (non-hydrogen) atoms. The molecule has 0 atom stereocenters. The molecule has 1 aliphatic heterocycles. The van der Waals surface area contributed by atoms with Gasteiger partial charge in [0.15, 0.2) is 11.5 Å². The molecule has 1 aliphatic rings. The number of carbonyl (C=O) groups is 1. The Kier molecular flexibility index (Phi) is 6.23. The van der Waals surface area contributed by atoms with Crippen LogP contribution >= 0.6 is 11.6 Å². The summed E-state index contributed by atoms with van der Waals surface area (Å²) in [5.41, 5.74) is 2.16. The number of nitrogens with one attached hydrogen (secondary N) is 1. The van der Waals surface area contributed by atoms with Gasteiger partial charge in [0.05, 0.1) is 5.02 Å². The Morgan fingerprint density at radius 3 is 2.73 bits per heavy atom. The van der Waals surface area contributed by atoms with Crippen molar-refractivity contribution in [2.24, 2.45) is 0 Å². The molecular weight excluding hydrogens is 352 g/mol. The zero-order valence-corrected chi connectivity index (χ0v) is 15.6. The molecule has 2 aromatic rings. The molecule has 6 heteroatoms. The second-order valence-corrected chi connectivity index (χ2v) is 6.68. The number of hydrogen-bond donors (Lipinski definition) is 1. The largest absolute Gasteiger partial charge is 0.486 e. The molecule has 138 valence electrons. The van der Waals surface area contributed by atoms with Crippen LogP contribution < -0.4 is 14.8 Å². The molecule has 0 radical (unpaired) electrons. The number of fused-ring (bicyclic) bond motifs is 1. The van der Waals surface area contributed by atoms with Crippen molar-refractivity contribution in [1.29, 1.82) is 0 Å². The van der Waals surface area contributed by atoms with E-state index in [0.29, 0.717) is 42.8 Å². The number of halogens is 1. The molecule has 3 rings (SSSR count). The third-order valence-electron chi connectivity index (χ3n) is 4.25. The number of ether oxygens (including phenoxy) is 2. The highest BCUT2D eigenvalue weighted by Crippen LogP contribution is 2.38. The van der Waals surface area contributed by atoms with E-state index in [9.17, 15) is 4.79 Å². The Morgan fingerprint density at radius 2 is 1.92 bits per heavy atom. The molecule has 0 bridgehead atoms. The van der Waals surface area contributed by atoms with Crippen LogP contribution in [0.4, 0.5) is 4.79 Å². The van der Waals surface area contributed by atoms with Crippen molar-refractivity contribution < 1.29 is 14.3 Å². The molecule has 5 nitrogen and oxygen atoms in total. The average Bonchev–Trinajstić information content (AvgIpc) is 2.67. The van der Waals surface area contributed by atoms with Gasteiger partial charge < -0.3 is 19.7 Å². The second kappa shape index (κ2) is 8.81. The lowest BCUT2D eigenvalue weighted by Gasteiger charge is -2.21. The number of rotatable bonds is 6. The summed E-state index contributed by atoms with van der Waals surface area (Å²) in [5, 5.41) is 3.42. The van der Waals surface area contributed by atoms with Gasteiger partial charge in [-0.05, 0) is 36.1 Å². The predicted molar refractivity (Wildman–Crippen MR) is 102 cm³/mol. The van der Waals surface area contributed by atoms with Gasteiger partial charge in [-0.1, -0.05) is 41.9 Å². The van der Waals surface area contributed by atoms with Gasteiger partial charge in [0.2, 0.25) is 0 Å². The van der Waals surface area contributed by atoms with Gasteiger partial charge in [-0.25, -0.2) is 4.79 Å². The normalized spacial score (nSPS) is 12.5. The number of benzene rings is 2. The van der Waals surface area contributed by atoms with Crippen molar-refractivity contribution in [1.82, 2.24) is 10.2 Å². The van der Waals surface area contributed by atoms with Crippen LogP contribution in [0.2, 0.25) is 5.02 Å². The van der Waals surface area contributed by atoms with Gasteiger partial charge in [0.25, 0.3) is 0 Å². The van der Waals surface area contributed by atoms with Gasteiger partial charge in [-0.3, -0.25) is 0 Å². The van der Waals surface area contributed by atoms with E-state index in [2.05, 4.69) is 17.4 Å². The molecule has 0 saturated carbocycles. The van der Waals surface area contributed by atoms with Crippen LogP contribution in [0.25, 0.3) is 0 Å². The van der Waals surface area contributed by atoms with Crippen LogP contribution in [0.3, 0.4) is 0 Å². The molecule has 1 N–H and O–H groups in total. The van der Waals surface area contributed by atoms with E-state index in [1.807, 2.05) is 24.3 Å². The molecule has 0 fully saturated rings. The molecule has 0 saturated heterocycles. The lowest BCUT2D eigenvalue weighted by Crippen LogP contribution is -2.37. The minimum Gasteiger partial charge on any atom is -0.486 e. The molecule has 2 amide bonds. The molecule has 1 heterocycles. The fourth-order valence-corrected chi connectivity index (χ4v) is 3.13. The maximum atomic E-state index is 12.3. The summed E-state index contributed by atoms with van der Waals surface area (Å²) in [6.45, 7) is 2.08. The lowest BCUT2D eigenvalue weighted by atomic mass is 10.1. The van der Waals surface area contributed by atoms with E-state index >= 15 is 0 Å². The zero-order chi connectivity index (χ0) is 18.4. The maximum Gasteiger partial charge on any atom is 0.317 e. The van der Waals surface area contributed by atoms with Crippen LogP contribution in [0.1, 0.15) is 17.5 Å². The number of urea groups is 1. The molecule has 0 aliphatic carbocycles. The third-order valence-corrected chi connectivity index (χ3v) is 4.53. The van der Waals surface area contributed by atoms with E-state index < -0.39 is 0 Å². The number of nitrogens with zero attached hydrogens (tertiary/aromatic N) is 1. The Hall–Kier alpha value is -2.40. The number of carbonyl (C=O) groups excluding carboxylic acids is 1. The van der Waals surface area contributed by atoms with Crippen LogP contribution in [-0.4, -0.2) is 37.7 Å². The van der Waals surface area contributed by atoms with Crippen molar-refractivity contribution in [3.05, 3.63) is 58.6 Å². The summed E-state index contributed by atoms with van der Waals surface area (Å²) < 4.78 is 11.1. The standard InChI is InChI=1S/C20H23ClN2O3/c1-23(9-5-8-15-6-3-2-4-7-15)20(24)22-14-16-12-17(21)19-18(13-16)25-10-11-26-19/h2-4,6-7,12-13H,5,8-11,14H2,1H3,(H,22,24). The first kappa shape index (κ1) is 18.4. The van der Waals surface area contributed by atoms with Gasteiger partial charge in [-0.2, -0.15) is 0 Å². The van der Waals surface area contributed by atoms with Gasteiger partial charge in [0.1, 0.15) is 13.2 Å². The second-order valence-electron chi connectivity index (χ2n) is 6.27. The highest BCUT2D eigenvalue weighted by atomic mass is 35.5. The zero-order valence-electron chi connectivity index (χ0n) is 14.8. The van der Waals surface area contributed by atoms with Gasteiger partial charge in [-0.15, -0.1) is 0 Å². The highest BCUT2D eigenvalue weighted by molar-refractivity contribution is 6.32. The Morgan fingerprint density at radius 1 is 1.15 bits per heavy atom. The molecule has 0 unspecified atom stereocenters. The summed E-state index contributed by atoms with van der Waals surface area (Å²) in [6, 6.07) is 13.8. The lowest BCUT2D eigenvalue weighted by molar-refractivity contribution is 0.171. The average molecular weight is 375 g/mol. The Bertz CT molecular complexity index is 752. The molecule has 0 spiro atoms. The van der Waals surface area contributed by atoms with Gasteiger partial charge in [0, 0.05) is 20.1 Å². The van der Waals surface area contributed by atoms with Crippen LogP contribution in [0.5, 0.6) is 11.5 Å². The van der Waals surface area contributed by atoms with E-state index in [0.717, 1.165) is 18.4 Å². The van der Waals surface area contributed by atoms with Crippen LogP contribution in [0.15, 0.2) is 42.5 Å². The third kappa shape index (κ3) is 4.82. The topological polar surface area (TPSA) is 50.8 Å². The number of hydrogen-bond acceptors (Lipinski definition) is 3. The Labute approximate surface area is 158 Å². The van der Waals surface area contributed by atoms with Crippen molar-refractivity contribution >= 4 is 17.6 Å². The Balaban J connectivity index is 1.46. The van der Waals surface area contributed by atoms with E-state index in [-0.39, 0.29) is 6.03 Å². The fourth-order valence-electron chi connectivity index (χ4n) is 2.85. The highest BCUT2D eigenvalue weighted by Gasteiger charge is 2.17. The van der Waals surface area contributed by atoms with Crippen LogP contribution in [-0.2, 0) is 13.0 Å². The van der Waals surface area contributed by atoms with Crippen molar-refractivity contribution in [2.45, 2.75) is 19.4 Å². The van der Waals surface area contributed by atoms with Gasteiger partial charge >= 0.3 is 6.03 Å². The van der Waals surface area contributed by atoms with Crippen molar-refractivity contribution in [3.8, 4) is 11.5 Å². The first-order valence-corrected chi connectivity index (χ1v) is 9.12. The monoisotopic (exact) mass is 374 g/mol. The fraction of sp³-hybridized carbons (Fsp3) is 0.350. The van der Waals surface area contributed by atoms with Crippen LogP contribution in [0, 0.1) is 0 Å². The van der Waals surface area contributed by atoms with Crippen molar-refractivity contribution in [3.63, 3.8) is 0 Å². The maximum absolute atomic E-state index is 12.3.